The molecular weight excluding hydrogens is 273 g/mol. The standard InChI is InChI=1S/C13H11F3N2O2/c1-20-13-11(16)8(15)4-6-10(19)2-3-18(12(6)13)17-9-5-7(9)14/h2-4,7,9,17H,5H2,1H3/t7-,9+/m0/s1. The molecule has 1 aromatic heterocycles. The number of pyridine rings is 1. The summed E-state index contributed by atoms with van der Waals surface area (Å²) in [6.45, 7) is 0. The van der Waals surface area contributed by atoms with Gasteiger partial charge in [-0.2, -0.15) is 4.39 Å². The highest BCUT2D eigenvalue weighted by Crippen LogP contribution is 2.31. The van der Waals surface area contributed by atoms with Crippen molar-refractivity contribution in [1.29, 1.82) is 0 Å². The number of hydrogen-bond acceptors (Lipinski definition) is 3. The van der Waals surface area contributed by atoms with Crippen molar-refractivity contribution in [3.63, 3.8) is 0 Å². The van der Waals surface area contributed by atoms with E-state index >= 15 is 0 Å². The van der Waals surface area contributed by atoms with Crippen molar-refractivity contribution >= 4 is 10.9 Å². The van der Waals surface area contributed by atoms with Crippen LogP contribution in [0.25, 0.3) is 10.9 Å². The Bertz CT molecular complexity index is 744. The molecule has 0 spiro atoms. The number of benzene rings is 1. The summed E-state index contributed by atoms with van der Waals surface area (Å²) in [6.07, 6.45) is 0.690. The minimum atomic E-state index is -1.19. The SMILES string of the molecule is COc1c(F)c(F)cc2c(=O)ccn(N[C@@H]3C[C@@H]3F)c12. The van der Waals surface area contributed by atoms with Crippen LogP contribution in [0, 0.1) is 11.6 Å². The highest BCUT2D eigenvalue weighted by molar-refractivity contribution is 5.85. The first-order valence-electron chi connectivity index (χ1n) is 6.01. The van der Waals surface area contributed by atoms with Gasteiger partial charge in [0.15, 0.2) is 17.0 Å². The Labute approximate surface area is 111 Å². The van der Waals surface area contributed by atoms with E-state index in [2.05, 4.69) is 5.43 Å². The number of aromatic nitrogens is 1. The van der Waals surface area contributed by atoms with Gasteiger partial charge in [0.2, 0.25) is 5.82 Å². The van der Waals surface area contributed by atoms with Crippen molar-refractivity contribution in [3.05, 3.63) is 40.2 Å². The predicted octanol–water partition coefficient (Wildman–Crippen LogP) is 1.94. The second-order valence-corrected chi connectivity index (χ2v) is 4.64. The normalized spacial score (nSPS) is 21.0. The molecule has 0 unspecified atom stereocenters. The lowest BCUT2D eigenvalue weighted by Gasteiger charge is -2.15. The molecule has 1 saturated carbocycles. The lowest BCUT2D eigenvalue weighted by molar-refractivity contribution is 0.375. The number of ether oxygens (including phenoxy) is 1. The molecule has 1 aromatic carbocycles. The molecule has 106 valence electrons. The van der Waals surface area contributed by atoms with E-state index in [0.29, 0.717) is 6.42 Å². The zero-order chi connectivity index (χ0) is 14.4. The molecule has 1 aliphatic rings. The van der Waals surface area contributed by atoms with Crippen LogP contribution in [0.2, 0.25) is 0 Å². The fourth-order valence-electron chi connectivity index (χ4n) is 2.10. The van der Waals surface area contributed by atoms with Crippen LogP contribution in [0.3, 0.4) is 0 Å². The van der Waals surface area contributed by atoms with E-state index in [1.54, 1.807) is 0 Å². The molecule has 0 amide bonds. The molecule has 2 atom stereocenters. The summed E-state index contributed by atoms with van der Waals surface area (Å²) in [7, 11) is 1.17. The average Bonchev–Trinajstić information content (AvgIpc) is 3.11. The van der Waals surface area contributed by atoms with Gasteiger partial charge in [-0.05, 0) is 6.07 Å². The van der Waals surface area contributed by atoms with Crippen LogP contribution in [0.5, 0.6) is 5.75 Å². The molecule has 0 bridgehead atoms. The van der Waals surface area contributed by atoms with E-state index in [4.69, 9.17) is 4.74 Å². The second kappa shape index (κ2) is 4.43. The number of alkyl halides is 1. The third-order valence-corrected chi connectivity index (χ3v) is 3.25. The summed E-state index contributed by atoms with van der Waals surface area (Å²) in [5.41, 5.74) is 2.38. The van der Waals surface area contributed by atoms with Crippen LogP contribution in [-0.4, -0.2) is 24.0 Å². The number of nitrogens with one attached hydrogen (secondary N) is 1. The van der Waals surface area contributed by atoms with Gasteiger partial charge in [0.05, 0.1) is 18.5 Å². The highest BCUT2D eigenvalue weighted by atomic mass is 19.2. The molecule has 3 rings (SSSR count). The van der Waals surface area contributed by atoms with Crippen molar-refractivity contribution in [2.24, 2.45) is 0 Å². The number of halogens is 3. The van der Waals surface area contributed by atoms with E-state index < -0.39 is 29.3 Å². The molecule has 1 heterocycles. The van der Waals surface area contributed by atoms with E-state index in [1.807, 2.05) is 0 Å². The molecule has 0 radical (unpaired) electrons. The zero-order valence-electron chi connectivity index (χ0n) is 10.5. The predicted molar refractivity (Wildman–Crippen MR) is 67.3 cm³/mol. The largest absolute Gasteiger partial charge is 0.491 e. The number of hydrogen-bond donors (Lipinski definition) is 1. The monoisotopic (exact) mass is 284 g/mol. The van der Waals surface area contributed by atoms with Crippen LogP contribution in [0.4, 0.5) is 13.2 Å². The van der Waals surface area contributed by atoms with Gasteiger partial charge in [0, 0.05) is 18.7 Å². The summed E-state index contributed by atoms with van der Waals surface area (Å²) in [5.74, 6) is -2.74. The lowest BCUT2D eigenvalue weighted by Crippen LogP contribution is -2.22. The van der Waals surface area contributed by atoms with Crippen LogP contribution in [0.1, 0.15) is 6.42 Å². The Morgan fingerprint density at radius 3 is 2.75 bits per heavy atom. The Kier molecular flexibility index (Phi) is 2.84. The quantitative estimate of drug-likeness (QED) is 0.936. The highest BCUT2D eigenvalue weighted by Gasteiger charge is 2.38. The van der Waals surface area contributed by atoms with Crippen molar-refractivity contribution < 1.29 is 17.9 Å². The molecular formula is C13H11F3N2O2. The Morgan fingerprint density at radius 1 is 1.45 bits per heavy atom. The maximum Gasteiger partial charge on any atom is 0.202 e. The van der Waals surface area contributed by atoms with Crippen molar-refractivity contribution in [2.75, 3.05) is 12.5 Å². The third kappa shape index (κ3) is 1.90. The first-order valence-corrected chi connectivity index (χ1v) is 6.01. The third-order valence-electron chi connectivity index (χ3n) is 3.25. The Balaban J connectivity index is 2.27. The van der Waals surface area contributed by atoms with Crippen LogP contribution >= 0.6 is 0 Å². The summed E-state index contributed by atoms with van der Waals surface area (Å²) in [4.78, 5) is 11.8. The molecule has 1 N–H and O–H groups in total. The fraction of sp³-hybridized carbons (Fsp3) is 0.308. The van der Waals surface area contributed by atoms with Gasteiger partial charge < -0.3 is 10.2 Å². The number of fused-ring (bicyclic) bond motifs is 1. The first kappa shape index (κ1) is 12.8. The molecule has 0 saturated heterocycles. The molecule has 0 aliphatic heterocycles. The van der Waals surface area contributed by atoms with E-state index in [1.165, 1.54) is 24.0 Å². The molecule has 7 heteroatoms. The molecule has 4 nitrogen and oxygen atoms in total. The zero-order valence-corrected chi connectivity index (χ0v) is 10.5. The van der Waals surface area contributed by atoms with E-state index in [9.17, 15) is 18.0 Å². The number of methoxy groups -OCH3 is 1. The molecule has 1 aliphatic carbocycles. The number of nitrogens with zero attached hydrogens (tertiary/aromatic N) is 1. The van der Waals surface area contributed by atoms with Gasteiger partial charge in [0.1, 0.15) is 11.7 Å². The molecule has 20 heavy (non-hydrogen) atoms. The Hall–Kier alpha value is -2.18. The minimum Gasteiger partial charge on any atom is -0.491 e. The summed E-state index contributed by atoms with van der Waals surface area (Å²) in [6, 6.07) is 1.61. The maximum atomic E-state index is 13.8. The molecule has 1 fully saturated rings. The van der Waals surface area contributed by atoms with Gasteiger partial charge in [-0.25, -0.2) is 8.78 Å². The van der Waals surface area contributed by atoms with Crippen LogP contribution in [0.15, 0.2) is 23.1 Å². The second-order valence-electron chi connectivity index (χ2n) is 4.64. The van der Waals surface area contributed by atoms with Gasteiger partial charge >= 0.3 is 0 Å². The van der Waals surface area contributed by atoms with Gasteiger partial charge in [-0.15, -0.1) is 0 Å². The van der Waals surface area contributed by atoms with Crippen LogP contribution in [-0.2, 0) is 0 Å². The van der Waals surface area contributed by atoms with E-state index in [0.717, 1.165) is 6.07 Å². The van der Waals surface area contributed by atoms with Crippen molar-refractivity contribution in [2.45, 2.75) is 18.6 Å². The van der Waals surface area contributed by atoms with Crippen LogP contribution < -0.4 is 15.6 Å². The smallest absolute Gasteiger partial charge is 0.202 e. The Morgan fingerprint density at radius 2 is 2.15 bits per heavy atom. The minimum absolute atomic E-state index is 0.0354. The average molecular weight is 284 g/mol. The summed E-state index contributed by atoms with van der Waals surface area (Å²) in [5, 5.41) is -0.0354. The molecule has 2 aromatic rings. The van der Waals surface area contributed by atoms with Crippen molar-refractivity contribution in [3.8, 4) is 5.75 Å². The topological polar surface area (TPSA) is 43.3 Å². The summed E-state index contributed by atoms with van der Waals surface area (Å²) < 4.78 is 46.3. The summed E-state index contributed by atoms with van der Waals surface area (Å²) >= 11 is 0. The number of rotatable bonds is 3. The fourth-order valence-corrected chi connectivity index (χ4v) is 2.10. The lowest BCUT2D eigenvalue weighted by atomic mass is 10.2. The van der Waals surface area contributed by atoms with Gasteiger partial charge in [0.25, 0.3) is 0 Å². The van der Waals surface area contributed by atoms with Crippen molar-refractivity contribution in [1.82, 2.24) is 4.68 Å². The first-order chi connectivity index (χ1) is 9.52. The van der Waals surface area contributed by atoms with Gasteiger partial charge in [-0.1, -0.05) is 0 Å². The van der Waals surface area contributed by atoms with Gasteiger partial charge in [-0.3, -0.25) is 9.47 Å². The maximum absolute atomic E-state index is 13.8. The van der Waals surface area contributed by atoms with E-state index in [-0.39, 0.29) is 16.7 Å².